The van der Waals surface area contributed by atoms with Crippen LogP contribution in [0.25, 0.3) is 0 Å². The van der Waals surface area contributed by atoms with Crippen molar-refractivity contribution in [2.75, 3.05) is 13.2 Å². The minimum atomic E-state index is -0.687. The highest BCUT2D eigenvalue weighted by atomic mass is 32.1. The Bertz CT molecular complexity index is 557. The SMILES string of the molecule is O=C(NCC1CCC(C(=O)O)CC1)c1ccc([C@H]2CCCO2)s1. The van der Waals surface area contributed by atoms with Gasteiger partial charge < -0.3 is 15.2 Å². The molecule has 1 saturated carbocycles. The van der Waals surface area contributed by atoms with Gasteiger partial charge in [-0.2, -0.15) is 0 Å². The van der Waals surface area contributed by atoms with Crippen LogP contribution in [0.15, 0.2) is 12.1 Å². The van der Waals surface area contributed by atoms with E-state index in [-0.39, 0.29) is 17.9 Å². The molecule has 1 aliphatic heterocycles. The van der Waals surface area contributed by atoms with Gasteiger partial charge in [-0.25, -0.2) is 0 Å². The van der Waals surface area contributed by atoms with Crippen LogP contribution in [0.5, 0.6) is 0 Å². The summed E-state index contributed by atoms with van der Waals surface area (Å²) < 4.78 is 5.65. The Kier molecular flexibility index (Phi) is 5.33. The quantitative estimate of drug-likeness (QED) is 0.865. The number of carbonyl (C=O) groups is 2. The van der Waals surface area contributed by atoms with Crippen LogP contribution >= 0.6 is 11.3 Å². The van der Waals surface area contributed by atoms with Crippen molar-refractivity contribution in [1.29, 1.82) is 0 Å². The van der Waals surface area contributed by atoms with Crippen LogP contribution in [0.1, 0.15) is 59.2 Å². The molecule has 23 heavy (non-hydrogen) atoms. The molecule has 0 radical (unpaired) electrons. The fourth-order valence-corrected chi connectivity index (χ4v) is 4.40. The summed E-state index contributed by atoms with van der Waals surface area (Å²) in [4.78, 5) is 25.1. The third kappa shape index (κ3) is 4.12. The molecule has 2 aliphatic rings. The minimum Gasteiger partial charge on any atom is -0.481 e. The first-order valence-corrected chi connectivity index (χ1v) is 9.17. The van der Waals surface area contributed by atoms with Crippen LogP contribution in [0, 0.1) is 11.8 Å². The van der Waals surface area contributed by atoms with Crippen LogP contribution in [-0.2, 0) is 9.53 Å². The molecule has 2 heterocycles. The van der Waals surface area contributed by atoms with E-state index in [0.29, 0.717) is 12.5 Å². The number of carboxylic acid groups (broad SMARTS) is 1. The summed E-state index contributed by atoms with van der Waals surface area (Å²) in [5, 5.41) is 12.0. The van der Waals surface area contributed by atoms with Crippen molar-refractivity contribution in [3.63, 3.8) is 0 Å². The topological polar surface area (TPSA) is 75.6 Å². The van der Waals surface area contributed by atoms with Gasteiger partial charge in [-0.15, -0.1) is 11.3 Å². The molecule has 1 aromatic heterocycles. The molecule has 0 spiro atoms. The maximum absolute atomic E-state index is 12.3. The molecule has 5 nitrogen and oxygen atoms in total. The molecule has 126 valence electrons. The fourth-order valence-electron chi connectivity index (χ4n) is 3.39. The van der Waals surface area contributed by atoms with Gasteiger partial charge in [0.2, 0.25) is 0 Å². The standard InChI is InChI=1S/C17H23NO4S/c19-16(15-8-7-14(23-15)13-2-1-9-22-13)18-10-11-3-5-12(6-4-11)17(20)21/h7-8,11-13H,1-6,9-10H2,(H,18,19)(H,20,21)/t11?,12?,13-/m1/s1. The molecule has 1 aliphatic carbocycles. The van der Waals surface area contributed by atoms with E-state index in [1.807, 2.05) is 12.1 Å². The van der Waals surface area contributed by atoms with E-state index in [0.717, 1.165) is 54.9 Å². The Balaban J connectivity index is 1.45. The molecule has 3 rings (SSSR count). The number of rotatable bonds is 5. The van der Waals surface area contributed by atoms with Crippen LogP contribution < -0.4 is 5.32 Å². The number of aliphatic carboxylic acids is 1. The Morgan fingerprint density at radius 1 is 1.22 bits per heavy atom. The summed E-state index contributed by atoms with van der Waals surface area (Å²) in [5.41, 5.74) is 0. The van der Waals surface area contributed by atoms with Crippen LogP contribution in [-0.4, -0.2) is 30.1 Å². The minimum absolute atomic E-state index is 0.0281. The van der Waals surface area contributed by atoms with E-state index in [1.54, 1.807) is 0 Å². The number of carbonyl (C=O) groups excluding carboxylic acids is 1. The summed E-state index contributed by atoms with van der Waals surface area (Å²) in [5.74, 6) is -0.521. The predicted molar refractivity (Wildman–Crippen MR) is 87.7 cm³/mol. The summed E-state index contributed by atoms with van der Waals surface area (Å²) in [7, 11) is 0. The van der Waals surface area contributed by atoms with E-state index < -0.39 is 5.97 Å². The highest BCUT2D eigenvalue weighted by Gasteiger charge is 2.26. The number of nitrogens with one attached hydrogen (secondary N) is 1. The number of ether oxygens (including phenoxy) is 1. The lowest BCUT2D eigenvalue weighted by atomic mass is 9.82. The molecule has 1 amide bonds. The van der Waals surface area contributed by atoms with Gasteiger partial charge in [-0.1, -0.05) is 0 Å². The number of thiophene rings is 1. The highest BCUT2D eigenvalue weighted by molar-refractivity contribution is 7.14. The third-order valence-electron chi connectivity index (χ3n) is 4.84. The number of hydrogen-bond donors (Lipinski definition) is 2. The maximum atomic E-state index is 12.3. The monoisotopic (exact) mass is 337 g/mol. The molecule has 1 aromatic rings. The zero-order valence-electron chi connectivity index (χ0n) is 13.1. The van der Waals surface area contributed by atoms with Crippen molar-refractivity contribution in [3.8, 4) is 0 Å². The average molecular weight is 337 g/mol. The van der Waals surface area contributed by atoms with Crippen LogP contribution in [0.3, 0.4) is 0 Å². The molecule has 2 N–H and O–H groups in total. The molecular weight excluding hydrogens is 314 g/mol. The van der Waals surface area contributed by atoms with Crippen LogP contribution in [0.2, 0.25) is 0 Å². The molecule has 6 heteroatoms. The smallest absolute Gasteiger partial charge is 0.306 e. The van der Waals surface area contributed by atoms with E-state index >= 15 is 0 Å². The lowest BCUT2D eigenvalue weighted by Crippen LogP contribution is -2.32. The zero-order chi connectivity index (χ0) is 16.2. The van der Waals surface area contributed by atoms with Gasteiger partial charge in [-0.3, -0.25) is 9.59 Å². The van der Waals surface area contributed by atoms with E-state index in [9.17, 15) is 9.59 Å². The second-order valence-electron chi connectivity index (χ2n) is 6.47. The summed E-state index contributed by atoms with van der Waals surface area (Å²) in [6, 6.07) is 3.87. The van der Waals surface area contributed by atoms with Crippen molar-refractivity contribution in [2.45, 2.75) is 44.6 Å². The lowest BCUT2D eigenvalue weighted by molar-refractivity contribution is -0.143. The number of amides is 1. The van der Waals surface area contributed by atoms with Gasteiger partial charge in [-0.05, 0) is 56.6 Å². The van der Waals surface area contributed by atoms with Gasteiger partial charge in [0, 0.05) is 18.0 Å². The Hall–Kier alpha value is -1.40. The first kappa shape index (κ1) is 16.5. The summed E-state index contributed by atoms with van der Waals surface area (Å²) in [6.07, 6.45) is 5.48. The van der Waals surface area contributed by atoms with Gasteiger partial charge in [0.05, 0.1) is 16.9 Å². The molecule has 0 bridgehead atoms. The van der Waals surface area contributed by atoms with E-state index in [4.69, 9.17) is 9.84 Å². The molecule has 2 fully saturated rings. The van der Waals surface area contributed by atoms with Crippen molar-refractivity contribution in [2.24, 2.45) is 11.8 Å². The predicted octanol–water partition coefficient (Wildman–Crippen LogP) is 3.22. The van der Waals surface area contributed by atoms with Crippen molar-refractivity contribution in [3.05, 3.63) is 21.9 Å². The fraction of sp³-hybridized carbons (Fsp3) is 0.647. The maximum Gasteiger partial charge on any atom is 0.306 e. The van der Waals surface area contributed by atoms with Crippen molar-refractivity contribution < 1.29 is 19.4 Å². The largest absolute Gasteiger partial charge is 0.481 e. The van der Waals surface area contributed by atoms with Gasteiger partial charge >= 0.3 is 5.97 Å². The Labute approximate surface area is 140 Å². The first-order chi connectivity index (χ1) is 11.1. The molecule has 0 aromatic carbocycles. The second kappa shape index (κ2) is 7.45. The van der Waals surface area contributed by atoms with Crippen molar-refractivity contribution in [1.82, 2.24) is 5.32 Å². The van der Waals surface area contributed by atoms with Gasteiger partial charge in [0.25, 0.3) is 5.91 Å². The second-order valence-corrected chi connectivity index (χ2v) is 7.58. The Morgan fingerprint density at radius 2 is 2.00 bits per heavy atom. The number of carboxylic acids is 1. The first-order valence-electron chi connectivity index (χ1n) is 8.36. The molecule has 1 atom stereocenters. The molecular formula is C17H23NO4S. The summed E-state index contributed by atoms with van der Waals surface area (Å²) >= 11 is 1.51. The van der Waals surface area contributed by atoms with Gasteiger partial charge in [0.15, 0.2) is 0 Å². The zero-order valence-corrected chi connectivity index (χ0v) is 13.9. The lowest BCUT2D eigenvalue weighted by Gasteiger charge is -2.26. The molecule has 1 saturated heterocycles. The Morgan fingerprint density at radius 3 is 2.65 bits per heavy atom. The van der Waals surface area contributed by atoms with E-state index in [1.165, 1.54) is 11.3 Å². The third-order valence-corrected chi connectivity index (χ3v) is 6.02. The summed E-state index contributed by atoms with van der Waals surface area (Å²) in [6.45, 7) is 1.45. The van der Waals surface area contributed by atoms with E-state index in [2.05, 4.69) is 5.32 Å². The van der Waals surface area contributed by atoms with Gasteiger partial charge in [0.1, 0.15) is 0 Å². The molecule has 0 unspecified atom stereocenters. The average Bonchev–Trinajstić information content (AvgIpc) is 3.23. The highest BCUT2D eigenvalue weighted by Crippen LogP contribution is 2.33. The van der Waals surface area contributed by atoms with Crippen LogP contribution in [0.4, 0.5) is 0 Å². The number of hydrogen-bond acceptors (Lipinski definition) is 4. The normalized spacial score (nSPS) is 27.7. The van der Waals surface area contributed by atoms with Crippen molar-refractivity contribution >= 4 is 23.2 Å².